The van der Waals surface area contributed by atoms with Crippen LogP contribution in [0.3, 0.4) is 0 Å². The SMILES string of the molecule is CONC(=O)c1cn(C2CCCCC2)c2nc(Nc3ccc(C(=O)N4CCCC4)cc3)ncc2c1=O. The molecular weight excluding hydrogens is 460 g/mol. The lowest BCUT2D eigenvalue weighted by Crippen LogP contribution is -2.30. The van der Waals surface area contributed by atoms with Crippen molar-refractivity contribution in [2.75, 3.05) is 25.5 Å². The third kappa shape index (κ3) is 4.81. The average Bonchev–Trinajstić information content (AvgIpc) is 3.45. The molecule has 1 aliphatic heterocycles. The van der Waals surface area contributed by atoms with Gasteiger partial charge in [-0.15, -0.1) is 0 Å². The molecular formula is C26H30N6O4. The fourth-order valence-corrected chi connectivity index (χ4v) is 5.07. The van der Waals surface area contributed by atoms with Crippen molar-refractivity contribution in [3.63, 3.8) is 0 Å². The maximum atomic E-state index is 13.1. The van der Waals surface area contributed by atoms with Crippen LogP contribution in [-0.2, 0) is 4.84 Å². The van der Waals surface area contributed by atoms with Gasteiger partial charge in [0.25, 0.3) is 11.8 Å². The molecule has 2 aliphatic rings. The van der Waals surface area contributed by atoms with Gasteiger partial charge in [0.05, 0.1) is 12.5 Å². The van der Waals surface area contributed by atoms with E-state index in [1.807, 2.05) is 21.6 Å². The van der Waals surface area contributed by atoms with Gasteiger partial charge in [-0.25, -0.2) is 10.5 Å². The molecule has 1 saturated heterocycles. The topological polar surface area (TPSA) is 118 Å². The number of nitrogens with one attached hydrogen (secondary N) is 2. The number of carbonyl (C=O) groups excluding carboxylic acids is 2. The van der Waals surface area contributed by atoms with E-state index in [0.29, 0.717) is 17.2 Å². The van der Waals surface area contributed by atoms with Crippen molar-refractivity contribution in [3.8, 4) is 0 Å². The summed E-state index contributed by atoms with van der Waals surface area (Å²) in [4.78, 5) is 53.8. The molecule has 3 heterocycles. The smallest absolute Gasteiger partial charge is 0.280 e. The van der Waals surface area contributed by atoms with Crippen LogP contribution in [0.1, 0.15) is 71.7 Å². The molecule has 2 amide bonds. The number of anilines is 2. The van der Waals surface area contributed by atoms with E-state index in [1.165, 1.54) is 19.7 Å². The molecule has 36 heavy (non-hydrogen) atoms. The summed E-state index contributed by atoms with van der Waals surface area (Å²) in [6.45, 7) is 1.61. The Bertz CT molecular complexity index is 1320. The Kier molecular flexibility index (Phi) is 6.95. The van der Waals surface area contributed by atoms with Crippen molar-refractivity contribution in [3.05, 3.63) is 58.0 Å². The van der Waals surface area contributed by atoms with Gasteiger partial charge in [0.1, 0.15) is 11.2 Å². The first-order chi connectivity index (χ1) is 17.5. The fourth-order valence-electron chi connectivity index (χ4n) is 5.07. The minimum absolute atomic E-state index is 0.00232. The number of carbonyl (C=O) groups is 2. The summed E-state index contributed by atoms with van der Waals surface area (Å²) in [5.74, 6) is -0.218. The summed E-state index contributed by atoms with van der Waals surface area (Å²) in [5, 5.41) is 3.46. The molecule has 0 bridgehead atoms. The zero-order valence-electron chi connectivity index (χ0n) is 20.3. The normalized spacial score (nSPS) is 16.3. The molecule has 0 spiro atoms. The van der Waals surface area contributed by atoms with Crippen molar-refractivity contribution in [1.29, 1.82) is 0 Å². The second-order valence-electron chi connectivity index (χ2n) is 9.34. The van der Waals surface area contributed by atoms with Gasteiger partial charge >= 0.3 is 0 Å². The number of rotatable bonds is 6. The van der Waals surface area contributed by atoms with Crippen LogP contribution in [0.2, 0.25) is 0 Å². The predicted molar refractivity (Wildman–Crippen MR) is 135 cm³/mol. The number of benzene rings is 1. The molecule has 1 aliphatic carbocycles. The summed E-state index contributed by atoms with van der Waals surface area (Å²) in [7, 11) is 1.33. The summed E-state index contributed by atoms with van der Waals surface area (Å²) < 4.78 is 1.94. The van der Waals surface area contributed by atoms with E-state index in [0.717, 1.165) is 57.3 Å². The highest BCUT2D eigenvalue weighted by molar-refractivity contribution is 5.96. The molecule has 0 radical (unpaired) electrons. The lowest BCUT2D eigenvalue weighted by molar-refractivity contribution is 0.0535. The fraction of sp³-hybridized carbons (Fsp3) is 0.423. The van der Waals surface area contributed by atoms with Crippen molar-refractivity contribution in [2.24, 2.45) is 0 Å². The third-order valence-corrected chi connectivity index (χ3v) is 6.96. The van der Waals surface area contributed by atoms with Gasteiger partial charge in [0, 0.05) is 42.8 Å². The number of hydroxylamine groups is 1. The Labute approximate surface area is 208 Å². The molecule has 5 rings (SSSR count). The first-order valence-electron chi connectivity index (χ1n) is 12.5. The van der Waals surface area contributed by atoms with E-state index in [1.54, 1.807) is 18.3 Å². The summed E-state index contributed by atoms with van der Waals surface area (Å²) in [6, 6.07) is 7.37. The van der Waals surface area contributed by atoms with Gasteiger partial charge < -0.3 is 14.8 Å². The lowest BCUT2D eigenvalue weighted by Gasteiger charge is -2.26. The Hall–Kier alpha value is -3.79. The predicted octanol–water partition coefficient (Wildman–Crippen LogP) is 3.57. The van der Waals surface area contributed by atoms with Crippen molar-refractivity contribution >= 4 is 34.5 Å². The summed E-state index contributed by atoms with van der Waals surface area (Å²) >= 11 is 0. The van der Waals surface area contributed by atoms with Crippen LogP contribution >= 0.6 is 0 Å². The van der Waals surface area contributed by atoms with E-state index < -0.39 is 11.3 Å². The van der Waals surface area contributed by atoms with Crippen LogP contribution < -0.4 is 16.2 Å². The van der Waals surface area contributed by atoms with Crippen LogP contribution in [0, 0.1) is 0 Å². The number of pyridine rings is 1. The molecule has 2 N–H and O–H groups in total. The third-order valence-electron chi connectivity index (χ3n) is 6.96. The van der Waals surface area contributed by atoms with Gasteiger partial charge in [-0.05, 0) is 49.9 Å². The first-order valence-corrected chi connectivity index (χ1v) is 12.5. The van der Waals surface area contributed by atoms with Crippen LogP contribution in [0.25, 0.3) is 11.0 Å². The number of nitrogens with zero attached hydrogens (tertiary/aromatic N) is 4. The van der Waals surface area contributed by atoms with Crippen LogP contribution in [0.5, 0.6) is 0 Å². The quantitative estimate of drug-likeness (QED) is 0.507. The zero-order chi connectivity index (χ0) is 25.1. The van der Waals surface area contributed by atoms with Crippen molar-refractivity contribution < 1.29 is 14.4 Å². The maximum absolute atomic E-state index is 13.1. The largest absolute Gasteiger partial charge is 0.339 e. The molecule has 10 heteroatoms. The van der Waals surface area contributed by atoms with Gasteiger partial charge in [0.15, 0.2) is 0 Å². The molecule has 10 nitrogen and oxygen atoms in total. The second kappa shape index (κ2) is 10.4. The molecule has 1 saturated carbocycles. The van der Waals surface area contributed by atoms with Gasteiger partial charge in [-0.2, -0.15) is 4.98 Å². The van der Waals surface area contributed by atoms with E-state index >= 15 is 0 Å². The minimum atomic E-state index is -0.597. The second-order valence-corrected chi connectivity index (χ2v) is 9.34. The number of fused-ring (bicyclic) bond motifs is 1. The highest BCUT2D eigenvalue weighted by Crippen LogP contribution is 2.30. The van der Waals surface area contributed by atoms with Crippen LogP contribution in [-0.4, -0.2) is 51.4 Å². The van der Waals surface area contributed by atoms with E-state index in [2.05, 4.69) is 20.8 Å². The molecule has 0 atom stereocenters. The molecule has 188 valence electrons. The first kappa shape index (κ1) is 23.9. The number of hydrogen-bond donors (Lipinski definition) is 2. The molecule has 0 unspecified atom stereocenters. The number of amides is 2. The van der Waals surface area contributed by atoms with Gasteiger partial charge in [-0.3, -0.25) is 19.2 Å². The van der Waals surface area contributed by atoms with Crippen molar-refractivity contribution in [1.82, 2.24) is 24.9 Å². The Morgan fingerprint density at radius 2 is 1.75 bits per heavy atom. The number of likely N-dealkylation sites (tertiary alicyclic amines) is 1. The minimum Gasteiger partial charge on any atom is -0.339 e. The average molecular weight is 491 g/mol. The molecule has 1 aromatic carbocycles. The Morgan fingerprint density at radius 3 is 2.44 bits per heavy atom. The van der Waals surface area contributed by atoms with E-state index in [9.17, 15) is 14.4 Å². The van der Waals surface area contributed by atoms with Crippen molar-refractivity contribution in [2.45, 2.75) is 51.0 Å². The van der Waals surface area contributed by atoms with Gasteiger partial charge in [-0.1, -0.05) is 19.3 Å². The number of aromatic nitrogens is 3. The Balaban J connectivity index is 1.46. The molecule has 2 aromatic heterocycles. The Morgan fingerprint density at radius 1 is 1.03 bits per heavy atom. The van der Waals surface area contributed by atoms with Crippen LogP contribution in [0.4, 0.5) is 11.6 Å². The maximum Gasteiger partial charge on any atom is 0.280 e. The van der Waals surface area contributed by atoms with Gasteiger partial charge in [0.2, 0.25) is 11.4 Å². The summed E-state index contributed by atoms with van der Waals surface area (Å²) in [5.41, 5.74) is 3.66. The standard InChI is InChI=1S/C26H30N6O4/c1-36-30-24(34)21-16-32(19-7-3-2-4-8-19)23-20(22(21)33)15-27-26(29-23)28-18-11-9-17(10-12-18)25(35)31-13-5-6-14-31/h9-12,15-16,19H,2-8,13-14H2,1H3,(H,30,34)(H,27,28,29). The van der Waals surface area contributed by atoms with Crippen LogP contribution in [0.15, 0.2) is 41.5 Å². The molecule has 3 aromatic rings. The van der Waals surface area contributed by atoms with E-state index in [4.69, 9.17) is 4.84 Å². The molecule has 2 fully saturated rings. The van der Waals surface area contributed by atoms with E-state index in [-0.39, 0.29) is 22.9 Å². The summed E-state index contributed by atoms with van der Waals surface area (Å²) in [6.07, 6.45) is 10.4. The number of hydrogen-bond acceptors (Lipinski definition) is 7. The highest BCUT2D eigenvalue weighted by Gasteiger charge is 2.23. The lowest BCUT2D eigenvalue weighted by atomic mass is 9.95. The zero-order valence-corrected chi connectivity index (χ0v) is 20.3. The highest BCUT2D eigenvalue weighted by atomic mass is 16.6. The monoisotopic (exact) mass is 490 g/mol.